The third-order valence-electron chi connectivity index (χ3n) is 1.65. The van der Waals surface area contributed by atoms with Crippen LogP contribution >= 0.6 is 0 Å². The van der Waals surface area contributed by atoms with Gasteiger partial charge in [0.05, 0.1) is 0 Å². The van der Waals surface area contributed by atoms with Crippen LogP contribution < -0.4 is 11.4 Å². The van der Waals surface area contributed by atoms with Crippen LogP contribution in [0.15, 0.2) is 16.9 Å². The first kappa shape index (κ1) is 7.66. The molecule has 0 atom stereocenters. The second-order valence-corrected chi connectivity index (χ2v) is 2.61. The number of hydrogen-bond acceptors (Lipinski definition) is 5. The van der Waals surface area contributed by atoms with Crippen molar-refractivity contribution in [3.8, 4) is 0 Å². The van der Waals surface area contributed by atoms with Gasteiger partial charge in [-0.3, -0.25) is 4.79 Å². The Hall–Kier alpha value is -1.98. The summed E-state index contributed by atoms with van der Waals surface area (Å²) >= 11 is 0. The Balaban J connectivity index is 2.97. The summed E-state index contributed by atoms with van der Waals surface area (Å²) in [5.41, 5.74) is 0.542. The average Bonchev–Trinajstić information content (AvgIpc) is 2.12. The van der Waals surface area contributed by atoms with E-state index < -0.39 is 0 Å². The lowest BCUT2D eigenvalue weighted by atomic mass is 10.4. The molecule has 2 N–H and O–H groups in total. The third-order valence-corrected chi connectivity index (χ3v) is 1.65. The highest BCUT2D eigenvalue weighted by atomic mass is 16.1. The van der Waals surface area contributed by atoms with Crippen molar-refractivity contribution < 1.29 is 0 Å². The summed E-state index contributed by atoms with van der Waals surface area (Å²) in [5, 5.41) is 7.58. The summed E-state index contributed by atoms with van der Waals surface area (Å²) in [6.45, 7) is 1.68. The highest BCUT2D eigenvalue weighted by molar-refractivity contribution is 5.68. The molecule has 0 aliphatic heterocycles. The topological polar surface area (TPSA) is 86.7 Å². The Bertz CT molecular complexity index is 518. The van der Waals surface area contributed by atoms with Gasteiger partial charge >= 0.3 is 0 Å². The predicted molar refractivity (Wildman–Crippen MR) is 46.5 cm³/mol. The zero-order valence-electron chi connectivity index (χ0n) is 6.93. The van der Waals surface area contributed by atoms with E-state index in [1.807, 2.05) is 0 Å². The van der Waals surface area contributed by atoms with E-state index in [9.17, 15) is 4.79 Å². The van der Waals surface area contributed by atoms with E-state index >= 15 is 0 Å². The molecule has 0 fully saturated rings. The molecule has 0 unspecified atom stereocenters. The highest BCUT2D eigenvalue weighted by Gasteiger charge is 2.02. The molecule has 0 aliphatic rings. The van der Waals surface area contributed by atoms with Crippen molar-refractivity contribution in [3.63, 3.8) is 0 Å². The minimum atomic E-state index is -0.313. The molecular weight excluding hydrogens is 170 g/mol. The van der Waals surface area contributed by atoms with E-state index in [0.717, 1.165) is 4.68 Å². The maximum absolute atomic E-state index is 11.1. The number of rotatable bonds is 0. The van der Waals surface area contributed by atoms with Gasteiger partial charge in [-0.15, -0.1) is 10.2 Å². The SMILES string of the molecule is Cc1nnc2ccc(=O)n(N)c2n1. The fourth-order valence-electron chi connectivity index (χ4n) is 1.02. The zero-order valence-corrected chi connectivity index (χ0v) is 6.93. The molecule has 0 amide bonds. The minimum absolute atomic E-state index is 0.313. The van der Waals surface area contributed by atoms with E-state index in [-0.39, 0.29) is 5.56 Å². The number of hydrogen-bond donors (Lipinski definition) is 1. The van der Waals surface area contributed by atoms with Gasteiger partial charge in [0.2, 0.25) is 0 Å². The Labute approximate surface area is 73.0 Å². The zero-order chi connectivity index (χ0) is 9.42. The van der Waals surface area contributed by atoms with Gasteiger partial charge in [-0.25, -0.2) is 9.66 Å². The summed E-state index contributed by atoms with van der Waals surface area (Å²) in [6, 6.07) is 2.87. The third kappa shape index (κ3) is 1.12. The smallest absolute Gasteiger partial charge is 0.270 e. The van der Waals surface area contributed by atoms with Crippen molar-refractivity contribution in [2.75, 3.05) is 5.84 Å². The molecule has 2 rings (SSSR count). The van der Waals surface area contributed by atoms with Crippen LogP contribution in [0.25, 0.3) is 11.2 Å². The van der Waals surface area contributed by atoms with Crippen LogP contribution in [-0.4, -0.2) is 19.9 Å². The molecule has 6 nitrogen and oxygen atoms in total. The minimum Gasteiger partial charge on any atom is -0.334 e. The number of aromatic nitrogens is 4. The van der Waals surface area contributed by atoms with Crippen LogP contribution in [0.1, 0.15) is 5.82 Å². The molecule has 2 aromatic heterocycles. The normalized spacial score (nSPS) is 10.5. The molecule has 2 aromatic rings. The highest BCUT2D eigenvalue weighted by Crippen LogP contribution is 2.01. The predicted octanol–water partition coefficient (Wildman–Crippen LogP) is -0.791. The molecule has 0 bridgehead atoms. The lowest BCUT2D eigenvalue weighted by molar-refractivity contribution is 0.891. The summed E-state index contributed by atoms with van der Waals surface area (Å²) < 4.78 is 0.955. The molecule has 0 saturated carbocycles. The molecular formula is C7H7N5O. The molecule has 0 saturated heterocycles. The molecule has 0 aromatic carbocycles. The first-order chi connectivity index (χ1) is 6.18. The van der Waals surface area contributed by atoms with Gasteiger partial charge < -0.3 is 5.84 Å². The van der Waals surface area contributed by atoms with E-state index in [1.54, 1.807) is 13.0 Å². The van der Waals surface area contributed by atoms with Crippen molar-refractivity contribution >= 4 is 11.2 Å². The lowest BCUT2D eigenvalue weighted by Crippen LogP contribution is -2.27. The first-order valence-electron chi connectivity index (χ1n) is 3.66. The summed E-state index contributed by atoms with van der Waals surface area (Å²) in [5.74, 6) is 5.94. The Morgan fingerprint density at radius 1 is 1.38 bits per heavy atom. The van der Waals surface area contributed by atoms with Gasteiger partial charge in [-0.05, 0) is 13.0 Å². The van der Waals surface area contributed by atoms with Gasteiger partial charge in [0, 0.05) is 6.07 Å². The maximum Gasteiger partial charge on any atom is 0.270 e. The van der Waals surface area contributed by atoms with Crippen LogP contribution in [0.5, 0.6) is 0 Å². The Kier molecular flexibility index (Phi) is 1.48. The summed E-state index contributed by atoms with van der Waals surface area (Å²) in [7, 11) is 0. The molecule has 2 heterocycles. The van der Waals surface area contributed by atoms with E-state index in [1.165, 1.54) is 6.07 Å². The number of aryl methyl sites for hydroxylation is 1. The van der Waals surface area contributed by atoms with Gasteiger partial charge in [0.1, 0.15) is 11.3 Å². The van der Waals surface area contributed by atoms with Gasteiger partial charge in [0.25, 0.3) is 5.56 Å². The summed E-state index contributed by atoms with van der Waals surface area (Å²) in [4.78, 5) is 15.1. The van der Waals surface area contributed by atoms with Gasteiger partial charge in [-0.2, -0.15) is 0 Å². The monoisotopic (exact) mass is 177 g/mol. The van der Waals surface area contributed by atoms with E-state index in [2.05, 4.69) is 15.2 Å². The van der Waals surface area contributed by atoms with E-state index in [4.69, 9.17) is 5.84 Å². The fraction of sp³-hybridized carbons (Fsp3) is 0.143. The van der Waals surface area contributed by atoms with Crippen LogP contribution in [0, 0.1) is 6.92 Å². The van der Waals surface area contributed by atoms with Crippen molar-refractivity contribution in [3.05, 3.63) is 28.3 Å². The van der Waals surface area contributed by atoms with Gasteiger partial charge in [0.15, 0.2) is 5.65 Å². The molecule has 66 valence electrons. The summed E-state index contributed by atoms with van der Waals surface area (Å²) in [6.07, 6.45) is 0. The van der Waals surface area contributed by atoms with Gasteiger partial charge in [-0.1, -0.05) is 0 Å². The van der Waals surface area contributed by atoms with Crippen molar-refractivity contribution in [2.24, 2.45) is 0 Å². The first-order valence-corrected chi connectivity index (χ1v) is 3.66. The number of fused-ring (bicyclic) bond motifs is 1. The molecule has 0 radical (unpaired) electrons. The lowest BCUT2D eigenvalue weighted by Gasteiger charge is -2.00. The molecule has 13 heavy (non-hydrogen) atoms. The maximum atomic E-state index is 11.1. The van der Waals surface area contributed by atoms with Crippen LogP contribution in [0.3, 0.4) is 0 Å². The number of nitrogens with two attached hydrogens (primary N) is 1. The van der Waals surface area contributed by atoms with Crippen molar-refractivity contribution in [1.29, 1.82) is 0 Å². The molecule has 6 heteroatoms. The number of nitrogens with zero attached hydrogens (tertiary/aromatic N) is 4. The number of pyridine rings is 1. The second-order valence-electron chi connectivity index (χ2n) is 2.61. The van der Waals surface area contributed by atoms with Crippen LogP contribution in [0.4, 0.5) is 0 Å². The van der Waals surface area contributed by atoms with E-state index in [0.29, 0.717) is 17.0 Å². The Morgan fingerprint density at radius 3 is 2.92 bits per heavy atom. The molecule has 0 aliphatic carbocycles. The van der Waals surface area contributed by atoms with Crippen LogP contribution in [0.2, 0.25) is 0 Å². The van der Waals surface area contributed by atoms with Crippen molar-refractivity contribution in [2.45, 2.75) is 6.92 Å². The average molecular weight is 177 g/mol. The quantitative estimate of drug-likeness (QED) is 0.533. The largest absolute Gasteiger partial charge is 0.334 e. The fourth-order valence-corrected chi connectivity index (χ4v) is 1.02. The molecule has 0 spiro atoms. The second kappa shape index (κ2) is 2.51. The standard InChI is InChI=1S/C7H7N5O/c1-4-9-7-5(11-10-4)2-3-6(13)12(7)8/h2-3H,8H2,1H3. The van der Waals surface area contributed by atoms with Crippen LogP contribution in [-0.2, 0) is 0 Å². The number of nitrogen functional groups attached to an aromatic ring is 1. The Morgan fingerprint density at radius 2 is 2.15 bits per heavy atom. The van der Waals surface area contributed by atoms with Crippen molar-refractivity contribution in [1.82, 2.24) is 19.9 Å².